The van der Waals surface area contributed by atoms with Gasteiger partial charge >= 0.3 is 0 Å². The molecular formula is C19H17N3OS. The summed E-state index contributed by atoms with van der Waals surface area (Å²) in [5.74, 6) is 0.00545. The molecule has 4 aromatic rings. The fourth-order valence-electron chi connectivity index (χ4n) is 2.98. The molecule has 0 atom stereocenters. The summed E-state index contributed by atoms with van der Waals surface area (Å²) in [5, 5.41) is 7.75. The van der Waals surface area contributed by atoms with Crippen LogP contribution in [-0.4, -0.2) is 22.7 Å². The Kier molecular flexibility index (Phi) is 3.39. The molecule has 2 heterocycles. The summed E-state index contributed by atoms with van der Waals surface area (Å²) in [4.78, 5) is 16.3. The second-order valence-electron chi connectivity index (χ2n) is 5.93. The number of fused-ring (bicyclic) bond motifs is 2. The first kappa shape index (κ1) is 14.9. The van der Waals surface area contributed by atoms with Gasteiger partial charge in [0.15, 0.2) is 0 Å². The van der Waals surface area contributed by atoms with E-state index in [-0.39, 0.29) is 5.91 Å². The Morgan fingerprint density at radius 2 is 1.88 bits per heavy atom. The second kappa shape index (κ2) is 5.46. The van der Waals surface area contributed by atoms with Crippen molar-refractivity contribution in [3.8, 4) is 0 Å². The molecule has 0 saturated heterocycles. The molecule has 0 aliphatic carbocycles. The van der Waals surface area contributed by atoms with E-state index in [2.05, 4.69) is 17.2 Å². The van der Waals surface area contributed by atoms with Crippen molar-refractivity contribution in [3.05, 3.63) is 59.1 Å². The van der Waals surface area contributed by atoms with Gasteiger partial charge in [0.25, 0.3) is 5.91 Å². The minimum Gasteiger partial charge on any atom is -0.311 e. The molecule has 0 fully saturated rings. The molecule has 0 aliphatic heterocycles. The van der Waals surface area contributed by atoms with E-state index in [0.29, 0.717) is 0 Å². The number of rotatable bonds is 2. The number of benzene rings is 2. The van der Waals surface area contributed by atoms with Crippen molar-refractivity contribution in [1.82, 2.24) is 9.78 Å². The lowest BCUT2D eigenvalue weighted by atomic mass is 10.1. The Labute approximate surface area is 143 Å². The van der Waals surface area contributed by atoms with Crippen molar-refractivity contribution in [1.29, 1.82) is 0 Å². The molecule has 120 valence electrons. The number of hydrogen-bond acceptors (Lipinski definition) is 3. The van der Waals surface area contributed by atoms with Crippen LogP contribution in [0.2, 0.25) is 0 Å². The van der Waals surface area contributed by atoms with E-state index in [9.17, 15) is 4.79 Å². The van der Waals surface area contributed by atoms with Crippen molar-refractivity contribution < 1.29 is 4.79 Å². The Balaban J connectivity index is 1.72. The number of hydrogen-bond donors (Lipinski definition) is 0. The van der Waals surface area contributed by atoms with Gasteiger partial charge in [-0.2, -0.15) is 5.10 Å². The highest BCUT2D eigenvalue weighted by Crippen LogP contribution is 2.30. The van der Waals surface area contributed by atoms with E-state index in [0.717, 1.165) is 31.9 Å². The third-order valence-electron chi connectivity index (χ3n) is 4.33. The van der Waals surface area contributed by atoms with Gasteiger partial charge in [-0.05, 0) is 35.9 Å². The third kappa shape index (κ3) is 2.29. The maximum absolute atomic E-state index is 12.9. The smallest absolute Gasteiger partial charge is 0.268 e. The predicted molar refractivity (Wildman–Crippen MR) is 100 cm³/mol. The van der Waals surface area contributed by atoms with Crippen molar-refractivity contribution in [2.45, 2.75) is 6.92 Å². The molecule has 1 amide bonds. The number of aryl methyl sites for hydroxylation is 2. The first-order valence-corrected chi connectivity index (χ1v) is 8.56. The van der Waals surface area contributed by atoms with Gasteiger partial charge < -0.3 is 4.90 Å². The molecule has 0 spiro atoms. The molecule has 2 aromatic heterocycles. The van der Waals surface area contributed by atoms with Gasteiger partial charge in [-0.15, -0.1) is 11.3 Å². The summed E-state index contributed by atoms with van der Waals surface area (Å²) in [6, 6.07) is 16.2. The molecule has 0 bridgehead atoms. The molecule has 5 heteroatoms. The molecule has 4 rings (SSSR count). The van der Waals surface area contributed by atoms with Crippen LogP contribution in [-0.2, 0) is 7.05 Å². The highest BCUT2D eigenvalue weighted by molar-refractivity contribution is 7.20. The van der Waals surface area contributed by atoms with Gasteiger partial charge in [-0.3, -0.25) is 9.48 Å². The van der Waals surface area contributed by atoms with Gasteiger partial charge in [-0.1, -0.05) is 30.3 Å². The first-order valence-electron chi connectivity index (χ1n) is 7.74. The largest absolute Gasteiger partial charge is 0.311 e. The third-order valence-corrected chi connectivity index (χ3v) is 5.52. The summed E-state index contributed by atoms with van der Waals surface area (Å²) in [5.41, 5.74) is 1.85. The molecule has 0 aliphatic rings. The van der Waals surface area contributed by atoms with Gasteiger partial charge in [0.2, 0.25) is 0 Å². The van der Waals surface area contributed by atoms with E-state index in [1.807, 2.05) is 62.1 Å². The molecule has 0 unspecified atom stereocenters. The van der Waals surface area contributed by atoms with Crippen molar-refractivity contribution in [3.63, 3.8) is 0 Å². The lowest BCUT2D eigenvalue weighted by molar-refractivity contribution is 0.0997. The van der Waals surface area contributed by atoms with Crippen LogP contribution in [0.25, 0.3) is 21.0 Å². The van der Waals surface area contributed by atoms with Crippen LogP contribution >= 0.6 is 11.3 Å². The standard InChI is InChI=1S/C19H17N3OS/c1-12-16-11-17(24-19(16)22(3)20-12)18(23)21(2)15-9-8-13-6-4-5-7-14(13)10-15/h4-11H,1-3H3. The highest BCUT2D eigenvalue weighted by atomic mass is 32.1. The topological polar surface area (TPSA) is 38.1 Å². The zero-order valence-corrected chi connectivity index (χ0v) is 14.6. The Morgan fingerprint density at radius 3 is 2.62 bits per heavy atom. The quantitative estimate of drug-likeness (QED) is 0.545. The minimum absolute atomic E-state index is 0.00545. The van der Waals surface area contributed by atoms with Crippen LogP contribution in [0.5, 0.6) is 0 Å². The molecule has 0 radical (unpaired) electrons. The summed E-state index contributed by atoms with van der Waals surface area (Å²) < 4.78 is 1.84. The van der Waals surface area contributed by atoms with Gasteiger partial charge in [-0.25, -0.2) is 0 Å². The van der Waals surface area contributed by atoms with Crippen LogP contribution in [0.3, 0.4) is 0 Å². The summed E-state index contributed by atoms with van der Waals surface area (Å²) in [6.07, 6.45) is 0. The number of nitrogens with zero attached hydrogens (tertiary/aromatic N) is 3. The fourth-order valence-corrected chi connectivity index (χ4v) is 4.08. The van der Waals surface area contributed by atoms with E-state index >= 15 is 0 Å². The second-order valence-corrected chi connectivity index (χ2v) is 6.96. The monoisotopic (exact) mass is 335 g/mol. The molecule has 24 heavy (non-hydrogen) atoms. The number of carbonyl (C=O) groups is 1. The molecule has 0 saturated carbocycles. The minimum atomic E-state index is 0.00545. The normalized spacial score (nSPS) is 11.3. The average Bonchev–Trinajstić information content (AvgIpc) is 3.15. The van der Waals surface area contributed by atoms with Gasteiger partial charge in [0, 0.05) is 25.2 Å². The van der Waals surface area contributed by atoms with Crippen molar-refractivity contribution >= 4 is 43.9 Å². The first-order chi connectivity index (χ1) is 11.5. The van der Waals surface area contributed by atoms with Crippen molar-refractivity contribution in [2.75, 3.05) is 11.9 Å². The van der Waals surface area contributed by atoms with E-state index in [1.54, 1.807) is 4.90 Å². The number of amides is 1. The molecular weight excluding hydrogens is 318 g/mol. The molecule has 4 nitrogen and oxygen atoms in total. The summed E-state index contributed by atoms with van der Waals surface area (Å²) >= 11 is 1.49. The highest BCUT2D eigenvalue weighted by Gasteiger charge is 2.19. The van der Waals surface area contributed by atoms with Crippen LogP contribution in [0, 0.1) is 6.92 Å². The fraction of sp³-hybridized carbons (Fsp3) is 0.158. The van der Waals surface area contributed by atoms with Crippen LogP contribution < -0.4 is 4.90 Å². The molecule has 0 N–H and O–H groups in total. The lowest BCUT2D eigenvalue weighted by Crippen LogP contribution is -2.25. The number of carbonyl (C=O) groups excluding carboxylic acids is 1. The summed E-state index contributed by atoms with van der Waals surface area (Å²) in [7, 11) is 3.73. The average molecular weight is 335 g/mol. The van der Waals surface area contributed by atoms with E-state index < -0.39 is 0 Å². The number of aromatic nitrogens is 2. The number of anilines is 1. The van der Waals surface area contributed by atoms with Crippen molar-refractivity contribution in [2.24, 2.45) is 7.05 Å². The van der Waals surface area contributed by atoms with Crippen LogP contribution in [0.15, 0.2) is 48.5 Å². The Morgan fingerprint density at radius 1 is 1.12 bits per heavy atom. The maximum Gasteiger partial charge on any atom is 0.268 e. The Bertz CT molecular complexity index is 1040. The molecule has 2 aromatic carbocycles. The van der Waals surface area contributed by atoms with Gasteiger partial charge in [0.1, 0.15) is 4.83 Å². The SMILES string of the molecule is Cc1nn(C)c2sc(C(=O)N(C)c3ccc4ccccc4c3)cc12. The van der Waals surface area contributed by atoms with Gasteiger partial charge in [0.05, 0.1) is 10.6 Å². The number of thiophene rings is 1. The zero-order chi connectivity index (χ0) is 16.8. The predicted octanol–water partition coefficient (Wildman–Crippen LogP) is 4.37. The lowest BCUT2D eigenvalue weighted by Gasteiger charge is -2.17. The zero-order valence-electron chi connectivity index (χ0n) is 13.8. The summed E-state index contributed by atoms with van der Waals surface area (Å²) in [6.45, 7) is 1.97. The van der Waals surface area contributed by atoms with E-state index in [4.69, 9.17) is 0 Å². The van der Waals surface area contributed by atoms with E-state index in [1.165, 1.54) is 16.7 Å². The van der Waals surface area contributed by atoms with Crippen LogP contribution in [0.1, 0.15) is 15.4 Å². The maximum atomic E-state index is 12.9. The Hall–Kier alpha value is -2.66. The van der Waals surface area contributed by atoms with Crippen LogP contribution in [0.4, 0.5) is 5.69 Å².